The zero-order valence-corrected chi connectivity index (χ0v) is 16.0. The van der Waals surface area contributed by atoms with Gasteiger partial charge in [0.15, 0.2) is 0 Å². The molecule has 0 aliphatic carbocycles. The predicted octanol–water partition coefficient (Wildman–Crippen LogP) is 2.18. The number of hydrogen-bond donors (Lipinski definition) is 1. The van der Waals surface area contributed by atoms with Gasteiger partial charge in [-0.15, -0.1) is 11.3 Å². The summed E-state index contributed by atoms with van der Waals surface area (Å²) in [6.07, 6.45) is 4.30. The monoisotopic (exact) mass is 378 g/mol. The van der Waals surface area contributed by atoms with Crippen molar-refractivity contribution in [3.05, 3.63) is 21.4 Å². The van der Waals surface area contributed by atoms with Gasteiger partial charge >= 0.3 is 5.97 Å². The van der Waals surface area contributed by atoms with Gasteiger partial charge in [-0.1, -0.05) is 0 Å². The van der Waals surface area contributed by atoms with Gasteiger partial charge in [0.2, 0.25) is 5.91 Å². The van der Waals surface area contributed by atoms with Crippen LogP contribution in [0.25, 0.3) is 0 Å². The fourth-order valence-electron chi connectivity index (χ4n) is 4.61. The number of piperidine rings is 2. The SMILES string of the molecule is CN1CC(CN2CCC3(CC2)OCCc2cc(C(=O)O)sc23)CCC1=O. The number of carbonyl (C=O) groups excluding carboxylic acids is 1. The second-order valence-corrected chi connectivity index (χ2v) is 8.89. The Labute approximate surface area is 157 Å². The zero-order chi connectivity index (χ0) is 18.3. The van der Waals surface area contributed by atoms with Crippen LogP contribution >= 0.6 is 11.3 Å². The Kier molecular flexibility index (Phi) is 4.79. The molecule has 2 saturated heterocycles. The number of carbonyl (C=O) groups is 2. The molecule has 1 amide bonds. The number of amides is 1. The Morgan fingerprint density at radius 2 is 2.15 bits per heavy atom. The lowest BCUT2D eigenvalue weighted by Gasteiger charge is -2.45. The van der Waals surface area contributed by atoms with Gasteiger partial charge in [0.1, 0.15) is 10.5 Å². The van der Waals surface area contributed by atoms with Crippen molar-refractivity contribution in [2.45, 2.75) is 37.7 Å². The molecule has 6 nitrogen and oxygen atoms in total. The number of rotatable bonds is 3. The first-order chi connectivity index (χ1) is 12.5. The van der Waals surface area contributed by atoms with Gasteiger partial charge in [-0.05, 0) is 43.2 Å². The number of thiophene rings is 1. The lowest BCUT2D eigenvalue weighted by molar-refractivity contribution is -0.133. The van der Waals surface area contributed by atoms with Crippen LogP contribution in [0.4, 0.5) is 0 Å². The predicted molar refractivity (Wildman–Crippen MR) is 98.6 cm³/mol. The van der Waals surface area contributed by atoms with Gasteiger partial charge in [-0.25, -0.2) is 4.79 Å². The van der Waals surface area contributed by atoms with Gasteiger partial charge in [0.25, 0.3) is 0 Å². The summed E-state index contributed by atoms with van der Waals surface area (Å²) in [5.74, 6) is -0.0307. The van der Waals surface area contributed by atoms with Crippen molar-refractivity contribution in [1.29, 1.82) is 0 Å². The van der Waals surface area contributed by atoms with E-state index in [0.29, 0.717) is 23.8 Å². The highest BCUT2D eigenvalue weighted by atomic mass is 32.1. The lowest BCUT2D eigenvalue weighted by Crippen LogP contribution is -2.49. The summed E-state index contributed by atoms with van der Waals surface area (Å²) in [5.41, 5.74) is 0.876. The first-order valence-electron chi connectivity index (χ1n) is 9.43. The highest BCUT2D eigenvalue weighted by Crippen LogP contribution is 2.45. The third-order valence-electron chi connectivity index (χ3n) is 6.09. The van der Waals surface area contributed by atoms with Gasteiger partial charge < -0.3 is 19.6 Å². The van der Waals surface area contributed by atoms with E-state index in [1.165, 1.54) is 16.9 Å². The van der Waals surface area contributed by atoms with Gasteiger partial charge in [0, 0.05) is 44.5 Å². The lowest BCUT2D eigenvalue weighted by atomic mass is 9.84. The normalized spacial score (nSPS) is 26.1. The number of aromatic carboxylic acids is 1. The second kappa shape index (κ2) is 6.94. The molecule has 1 spiro atoms. The number of nitrogens with zero attached hydrogens (tertiary/aromatic N) is 2. The summed E-state index contributed by atoms with van der Waals surface area (Å²) >= 11 is 1.40. The van der Waals surface area contributed by atoms with E-state index in [0.717, 1.165) is 56.7 Å². The van der Waals surface area contributed by atoms with E-state index < -0.39 is 5.97 Å². The van der Waals surface area contributed by atoms with Crippen LogP contribution in [0.5, 0.6) is 0 Å². The maximum atomic E-state index is 11.7. The summed E-state index contributed by atoms with van der Waals surface area (Å²) in [7, 11) is 1.90. The maximum Gasteiger partial charge on any atom is 0.345 e. The van der Waals surface area contributed by atoms with E-state index in [9.17, 15) is 14.7 Å². The van der Waals surface area contributed by atoms with Crippen molar-refractivity contribution in [3.8, 4) is 0 Å². The summed E-state index contributed by atoms with van der Waals surface area (Å²) in [6, 6.07) is 1.84. The Hall–Kier alpha value is -1.44. The number of hydrogen-bond acceptors (Lipinski definition) is 5. The molecule has 1 atom stereocenters. The molecule has 0 bridgehead atoms. The molecule has 2 fully saturated rings. The Morgan fingerprint density at radius 3 is 2.85 bits per heavy atom. The molecule has 1 aromatic rings. The molecule has 142 valence electrons. The van der Waals surface area contributed by atoms with Crippen LogP contribution in [0.2, 0.25) is 0 Å². The fourth-order valence-corrected chi connectivity index (χ4v) is 5.86. The van der Waals surface area contributed by atoms with E-state index in [-0.39, 0.29) is 11.5 Å². The number of fused-ring (bicyclic) bond motifs is 2. The quantitative estimate of drug-likeness (QED) is 0.873. The molecule has 4 heterocycles. The summed E-state index contributed by atoms with van der Waals surface area (Å²) in [5, 5.41) is 9.32. The number of likely N-dealkylation sites (tertiary alicyclic amines) is 2. The van der Waals surface area contributed by atoms with E-state index in [1.54, 1.807) is 0 Å². The molecule has 26 heavy (non-hydrogen) atoms. The van der Waals surface area contributed by atoms with Crippen molar-refractivity contribution in [2.75, 3.05) is 39.8 Å². The summed E-state index contributed by atoms with van der Waals surface area (Å²) in [4.78, 5) is 28.9. The van der Waals surface area contributed by atoms with Gasteiger partial charge in [-0.2, -0.15) is 0 Å². The molecule has 3 aliphatic heterocycles. The average molecular weight is 378 g/mol. The van der Waals surface area contributed by atoms with Crippen LogP contribution in [0.1, 0.15) is 45.8 Å². The Morgan fingerprint density at radius 1 is 1.38 bits per heavy atom. The summed E-state index contributed by atoms with van der Waals surface area (Å²) in [6.45, 7) is 4.50. The van der Waals surface area contributed by atoms with Crippen LogP contribution < -0.4 is 0 Å². The third-order valence-corrected chi connectivity index (χ3v) is 7.44. The number of carboxylic acids is 1. The van der Waals surface area contributed by atoms with Crippen molar-refractivity contribution >= 4 is 23.2 Å². The van der Waals surface area contributed by atoms with E-state index >= 15 is 0 Å². The number of ether oxygens (including phenoxy) is 1. The average Bonchev–Trinajstić information content (AvgIpc) is 3.07. The highest BCUT2D eigenvalue weighted by Gasteiger charge is 2.43. The van der Waals surface area contributed by atoms with Crippen LogP contribution in [0.3, 0.4) is 0 Å². The minimum absolute atomic E-state index is 0.258. The molecule has 0 saturated carbocycles. The first kappa shape index (κ1) is 17.9. The Balaban J connectivity index is 1.41. The molecule has 1 unspecified atom stereocenters. The first-order valence-corrected chi connectivity index (χ1v) is 10.3. The van der Waals surface area contributed by atoms with Crippen LogP contribution in [-0.4, -0.2) is 66.6 Å². The van der Waals surface area contributed by atoms with Crippen molar-refractivity contribution in [1.82, 2.24) is 9.80 Å². The molecule has 1 aromatic heterocycles. The molecule has 0 aromatic carbocycles. The standard InChI is InChI=1S/C19H26N2O4S/c1-20-11-13(2-3-16(20)22)12-21-7-5-19(6-8-21)17-14(4-9-25-19)10-15(26-17)18(23)24/h10,13H,2-9,11-12H2,1H3,(H,23,24). The van der Waals surface area contributed by atoms with E-state index in [4.69, 9.17) is 4.74 Å². The minimum Gasteiger partial charge on any atom is -0.477 e. The smallest absolute Gasteiger partial charge is 0.345 e. The molecular formula is C19H26N2O4S. The molecule has 3 aliphatic rings. The van der Waals surface area contributed by atoms with E-state index in [2.05, 4.69) is 4.90 Å². The van der Waals surface area contributed by atoms with E-state index in [1.807, 2.05) is 18.0 Å². The van der Waals surface area contributed by atoms with Crippen molar-refractivity contribution in [3.63, 3.8) is 0 Å². The second-order valence-electron chi connectivity index (χ2n) is 7.84. The fraction of sp³-hybridized carbons (Fsp3) is 0.684. The summed E-state index contributed by atoms with van der Waals surface area (Å²) < 4.78 is 6.23. The molecular weight excluding hydrogens is 352 g/mol. The molecule has 1 N–H and O–H groups in total. The van der Waals surface area contributed by atoms with Crippen molar-refractivity contribution < 1.29 is 19.4 Å². The highest BCUT2D eigenvalue weighted by molar-refractivity contribution is 7.14. The van der Waals surface area contributed by atoms with Gasteiger partial charge in [-0.3, -0.25) is 4.79 Å². The zero-order valence-electron chi connectivity index (χ0n) is 15.2. The van der Waals surface area contributed by atoms with Crippen LogP contribution in [0.15, 0.2) is 6.07 Å². The molecule has 7 heteroatoms. The number of carboxylic acid groups (broad SMARTS) is 1. The van der Waals surface area contributed by atoms with Crippen LogP contribution in [0, 0.1) is 5.92 Å². The molecule has 0 radical (unpaired) electrons. The third kappa shape index (κ3) is 3.28. The largest absolute Gasteiger partial charge is 0.477 e. The van der Waals surface area contributed by atoms with Crippen molar-refractivity contribution in [2.24, 2.45) is 5.92 Å². The minimum atomic E-state index is -0.840. The topological polar surface area (TPSA) is 70.1 Å². The molecule has 4 rings (SSSR count). The van der Waals surface area contributed by atoms with Gasteiger partial charge in [0.05, 0.1) is 6.61 Å². The maximum absolute atomic E-state index is 11.7. The van der Waals surface area contributed by atoms with Crippen LogP contribution in [-0.2, 0) is 21.6 Å². The Bertz CT molecular complexity index is 708.